The van der Waals surface area contributed by atoms with Crippen LogP contribution in [0.4, 0.5) is 24.5 Å². The fourth-order valence-corrected chi connectivity index (χ4v) is 4.47. The molecule has 1 atom stereocenters. The van der Waals surface area contributed by atoms with Crippen molar-refractivity contribution in [3.05, 3.63) is 64.3 Å². The molecule has 2 aliphatic rings. The summed E-state index contributed by atoms with van der Waals surface area (Å²) in [5.74, 6) is -2.31. The van der Waals surface area contributed by atoms with Crippen molar-refractivity contribution in [2.75, 3.05) is 11.4 Å². The lowest BCUT2D eigenvalue weighted by Crippen LogP contribution is -2.48. The number of carbonyl (C=O) groups excluding carboxylic acids is 3. The van der Waals surface area contributed by atoms with Crippen LogP contribution in [-0.2, 0) is 20.6 Å². The molecule has 10 heteroatoms. The Labute approximate surface area is 200 Å². The Kier molecular flexibility index (Phi) is 6.31. The third-order valence-corrected chi connectivity index (χ3v) is 6.07. The molecular formula is C25H25F3N4O3. The summed E-state index contributed by atoms with van der Waals surface area (Å²) >= 11 is 0. The molecule has 0 aromatic heterocycles. The molecule has 0 aliphatic carbocycles. The number of carbonyl (C=O) groups is 3. The Morgan fingerprint density at radius 1 is 1.06 bits per heavy atom. The molecule has 2 heterocycles. The summed E-state index contributed by atoms with van der Waals surface area (Å²) in [5, 5.41) is 2.63. The number of alkyl halides is 3. The van der Waals surface area contributed by atoms with Crippen molar-refractivity contribution < 1.29 is 27.6 Å². The average Bonchev–Trinajstić information content (AvgIpc) is 3.07. The highest BCUT2D eigenvalue weighted by molar-refractivity contribution is 6.35. The van der Waals surface area contributed by atoms with Gasteiger partial charge in [-0.1, -0.05) is 12.1 Å². The van der Waals surface area contributed by atoms with Crippen molar-refractivity contribution in [2.24, 2.45) is 5.92 Å². The maximum Gasteiger partial charge on any atom is 0.416 e. The summed E-state index contributed by atoms with van der Waals surface area (Å²) in [5.41, 5.74) is 7.19. The van der Waals surface area contributed by atoms with Crippen molar-refractivity contribution >= 4 is 34.7 Å². The predicted molar refractivity (Wildman–Crippen MR) is 124 cm³/mol. The monoisotopic (exact) mass is 486 g/mol. The first-order valence-electron chi connectivity index (χ1n) is 11.2. The summed E-state index contributed by atoms with van der Waals surface area (Å²) in [4.78, 5) is 39.3. The van der Waals surface area contributed by atoms with Crippen LogP contribution in [0.1, 0.15) is 42.0 Å². The SMILES string of the molecule is C/C(NNC(=O)C1CCCNC1=O)=C1/C(=O)N(c2cc(C)cc(C)c2)c2cc(C(F)(F)F)ccc21. The Balaban J connectivity index is 1.72. The van der Waals surface area contributed by atoms with Crippen LogP contribution in [0.5, 0.6) is 0 Å². The number of benzene rings is 2. The smallest absolute Gasteiger partial charge is 0.355 e. The number of nitrogens with one attached hydrogen (secondary N) is 3. The van der Waals surface area contributed by atoms with Crippen molar-refractivity contribution in [3.63, 3.8) is 0 Å². The van der Waals surface area contributed by atoms with Crippen LogP contribution < -0.4 is 21.1 Å². The van der Waals surface area contributed by atoms with E-state index in [1.807, 2.05) is 19.9 Å². The Bertz CT molecular complexity index is 1230. The van der Waals surface area contributed by atoms with E-state index in [1.54, 1.807) is 19.1 Å². The first kappa shape index (κ1) is 24.3. The number of rotatable bonds is 4. The van der Waals surface area contributed by atoms with Gasteiger partial charge in [-0.2, -0.15) is 13.2 Å². The van der Waals surface area contributed by atoms with Crippen molar-refractivity contribution in [1.82, 2.24) is 16.2 Å². The maximum absolute atomic E-state index is 13.6. The van der Waals surface area contributed by atoms with Gasteiger partial charge in [0.15, 0.2) is 0 Å². The van der Waals surface area contributed by atoms with Crippen molar-refractivity contribution in [3.8, 4) is 0 Å². The molecule has 1 unspecified atom stereocenters. The van der Waals surface area contributed by atoms with Gasteiger partial charge in [0.2, 0.25) is 5.91 Å². The van der Waals surface area contributed by atoms with Gasteiger partial charge in [-0.05, 0) is 69.0 Å². The first-order chi connectivity index (χ1) is 16.5. The fourth-order valence-electron chi connectivity index (χ4n) is 4.47. The second-order valence-electron chi connectivity index (χ2n) is 8.82. The normalized spacial score (nSPS) is 19.3. The minimum absolute atomic E-state index is 0.101. The van der Waals surface area contributed by atoms with Gasteiger partial charge in [0, 0.05) is 23.5 Å². The number of nitrogens with zero attached hydrogens (tertiary/aromatic N) is 1. The Hall–Kier alpha value is -3.82. The number of hydrogen-bond donors (Lipinski definition) is 3. The van der Waals surface area contributed by atoms with Gasteiger partial charge in [0.1, 0.15) is 5.92 Å². The molecule has 35 heavy (non-hydrogen) atoms. The Morgan fingerprint density at radius 3 is 2.37 bits per heavy atom. The van der Waals surface area contributed by atoms with Crippen LogP contribution >= 0.6 is 0 Å². The third-order valence-electron chi connectivity index (χ3n) is 6.07. The zero-order valence-corrected chi connectivity index (χ0v) is 19.5. The molecule has 0 saturated carbocycles. The molecule has 2 aliphatic heterocycles. The van der Waals surface area contributed by atoms with Crippen molar-refractivity contribution in [1.29, 1.82) is 0 Å². The highest BCUT2D eigenvalue weighted by atomic mass is 19.4. The second-order valence-corrected chi connectivity index (χ2v) is 8.82. The van der Waals surface area contributed by atoms with E-state index in [1.165, 1.54) is 11.0 Å². The molecule has 3 amide bonds. The fraction of sp³-hybridized carbons (Fsp3) is 0.320. The lowest BCUT2D eigenvalue weighted by molar-refractivity contribution is -0.138. The first-order valence-corrected chi connectivity index (χ1v) is 11.2. The molecule has 184 valence electrons. The third kappa shape index (κ3) is 4.73. The van der Waals surface area contributed by atoms with E-state index in [9.17, 15) is 27.6 Å². The second kappa shape index (κ2) is 9.09. The molecule has 4 rings (SSSR count). The largest absolute Gasteiger partial charge is 0.416 e. The number of anilines is 2. The number of allylic oxidation sites excluding steroid dienone is 1. The van der Waals surface area contributed by atoms with Crippen LogP contribution in [0, 0.1) is 19.8 Å². The molecule has 0 radical (unpaired) electrons. The molecule has 2 aromatic carbocycles. The van der Waals surface area contributed by atoms with E-state index in [4.69, 9.17) is 0 Å². The van der Waals surface area contributed by atoms with E-state index in [-0.39, 0.29) is 22.9 Å². The van der Waals surface area contributed by atoms with E-state index in [0.29, 0.717) is 30.6 Å². The number of hydrogen-bond acceptors (Lipinski definition) is 4. The van der Waals surface area contributed by atoms with Crippen LogP contribution in [0.2, 0.25) is 0 Å². The molecule has 0 bridgehead atoms. The van der Waals surface area contributed by atoms with Crippen LogP contribution in [0.3, 0.4) is 0 Å². The summed E-state index contributed by atoms with van der Waals surface area (Å²) in [7, 11) is 0. The molecule has 3 N–H and O–H groups in total. The van der Waals surface area contributed by atoms with Crippen LogP contribution in [-0.4, -0.2) is 24.3 Å². The molecule has 2 aromatic rings. The topological polar surface area (TPSA) is 90.5 Å². The highest BCUT2D eigenvalue weighted by Gasteiger charge is 2.39. The average molecular weight is 486 g/mol. The zero-order chi connectivity index (χ0) is 25.5. The molecule has 0 spiro atoms. The summed E-state index contributed by atoms with van der Waals surface area (Å²) in [6, 6.07) is 8.49. The van der Waals surface area contributed by atoms with Gasteiger partial charge in [0.05, 0.1) is 16.8 Å². The number of aryl methyl sites for hydroxylation is 2. The van der Waals surface area contributed by atoms with Gasteiger partial charge in [-0.15, -0.1) is 0 Å². The predicted octanol–water partition coefficient (Wildman–Crippen LogP) is 3.88. The number of fused-ring (bicyclic) bond motifs is 1. The van der Waals surface area contributed by atoms with E-state index in [0.717, 1.165) is 23.3 Å². The lowest BCUT2D eigenvalue weighted by atomic mass is 9.98. The molecular weight excluding hydrogens is 461 g/mol. The summed E-state index contributed by atoms with van der Waals surface area (Å²) in [6.07, 6.45) is -3.51. The van der Waals surface area contributed by atoms with E-state index < -0.39 is 29.5 Å². The molecule has 1 saturated heterocycles. The lowest BCUT2D eigenvalue weighted by Gasteiger charge is -2.22. The van der Waals surface area contributed by atoms with Crippen molar-refractivity contribution in [2.45, 2.75) is 39.8 Å². The standard InChI is InChI=1S/C25H25F3N4O3/c1-13-9-14(2)11-17(10-13)32-20-12-16(25(26,27)28)6-7-18(20)21(24(32)35)15(3)30-31-23(34)19-5-4-8-29-22(19)33/h6-7,9-12,19,30H,4-5,8H2,1-3H3,(H,29,33)(H,31,34)/b21-15-. The van der Waals surface area contributed by atoms with Gasteiger partial charge >= 0.3 is 6.18 Å². The minimum atomic E-state index is -4.58. The molecule has 7 nitrogen and oxygen atoms in total. The molecule has 1 fully saturated rings. The number of hydrazine groups is 1. The zero-order valence-electron chi connectivity index (χ0n) is 19.5. The maximum atomic E-state index is 13.6. The minimum Gasteiger partial charge on any atom is -0.355 e. The van der Waals surface area contributed by atoms with Gasteiger partial charge in [0.25, 0.3) is 11.8 Å². The summed E-state index contributed by atoms with van der Waals surface area (Å²) < 4.78 is 40.4. The number of piperidine rings is 1. The summed E-state index contributed by atoms with van der Waals surface area (Å²) in [6.45, 7) is 5.73. The Morgan fingerprint density at radius 2 is 1.74 bits per heavy atom. The van der Waals surface area contributed by atoms with Gasteiger partial charge in [-0.3, -0.25) is 24.7 Å². The van der Waals surface area contributed by atoms with Crippen LogP contribution in [0.25, 0.3) is 5.57 Å². The van der Waals surface area contributed by atoms with E-state index in [2.05, 4.69) is 16.2 Å². The van der Waals surface area contributed by atoms with Gasteiger partial charge < -0.3 is 10.7 Å². The van der Waals surface area contributed by atoms with Gasteiger partial charge in [-0.25, -0.2) is 0 Å². The van der Waals surface area contributed by atoms with E-state index >= 15 is 0 Å². The number of halogens is 3. The van der Waals surface area contributed by atoms with Crippen LogP contribution in [0.15, 0.2) is 42.1 Å². The number of amides is 3. The highest BCUT2D eigenvalue weighted by Crippen LogP contribution is 2.45. The quantitative estimate of drug-likeness (QED) is 0.348.